The molecule has 1 N–H and O–H groups in total. The lowest BCUT2D eigenvalue weighted by Crippen LogP contribution is -2.57. The van der Waals surface area contributed by atoms with Crippen LogP contribution in [0.15, 0.2) is 4.79 Å². The van der Waals surface area contributed by atoms with E-state index in [0.717, 1.165) is 23.7 Å². The average Bonchev–Trinajstić information content (AvgIpc) is 2.64. The topological polar surface area (TPSA) is 54.3 Å². The van der Waals surface area contributed by atoms with Gasteiger partial charge < -0.3 is 14.8 Å². The summed E-state index contributed by atoms with van der Waals surface area (Å²) < 4.78 is 1.72. The molecule has 2 heterocycles. The SMILES string of the molecule is Cc1sc(=O)n(CCC(=O)N2CCNC(C)C2C)c1C.Cl. The summed E-state index contributed by atoms with van der Waals surface area (Å²) >= 11 is 1.26. The van der Waals surface area contributed by atoms with Crippen molar-refractivity contribution in [2.75, 3.05) is 13.1 Å². The van der Waals surface area contributed by atoms with Crippen LogP contribution in [0.4, 0.5) is 0 Å². The van der Waals surface area contributed by atoms with Gasteiger partial charge in [-0.1, -0.05) is 11.3 Å². The number of hydrogen-bond donors (Lipinski definition) is 1. The fraction of sp³-hybridized carbons (Fsp3) is 0.714. The largest absolute Gasteiger partial charge is 0.337 e. The maximum Gasteiger partial charge on any atom is 0.307 e. The number of aryl methyl sites for hydroxylation is 1. The first kappa shape index (κ1) is 18.2. The van der Waals surface area contributed by atoms with E-state index in [1.165, 1.54) is 11.3 Å². The second-order valence-corrected chi connectivity index (χ2v) is 6.65. The highest BCUT2D eigenvalue weighted by Gasteiger charge is 2.27. The number of aromatic nitrogens is 1. The van der Waals surface area contributed by atoms with E-state index in [1.54, 1.807) is 4.57 Å². The molecule has 2 unspecified atom stereocenters. The Morgan fingerprint density at radius 3 is 2.62 bits per heavy atom. The quantitative estimate of drug-likeness (QED) is 0.913. The van der Waals surface area contributed by atoms with Gasteiger partial charge in [-0.3, -0.25) is 9.59 Å². The Bertz CT molecular complexity index is 555. The van der Waals surface area contributed by atoms with E-state index in [0.29, 0.717) is 19.0 Å². The molecule has 5 nitrogen and oxygen atoms in total. The lowest BCUT2D eigenvalue weighted by molar-refractivity contribution is -0.135. The Kier molecular flexibility index (Phi) is 6.43. The van der Waals surface area contributed by atoms with Gasteiger partial charge in [0.2, 0.25) is 5.91 Å². The number of nitrogens with zero attached hydrogens (tertiary/aromatic N) is 2. The van der Waals surface area contributed by atoms with E-state index in [4.69, 9.17) is 0 Å². The number of nitrogens with one attached hydrogen (secondary N) is 1. The molecule has 1 fully saturated rings. The first-order valence-corrected chi connectivity index (χ1v) is 7.93. The molecule has 1 aromatic heterocycles. The van der Waals surface area contributed by atoms with Gasteiger partial charge in [-0.2, -0.15) is 0 Å². The van der Waals surface area contributed by atoms with Crippen LogP contribution >= 0.6 is 23.7 Å². The molecule has 0 saturated carbocycles. The third-order valence-corrected chi connectivity index (χ3v) is 5.28. The van der Waals surface area contributed by atoms with Gasteiger partial charge in [-0.15, -0.1) is 12.4 Å². The standard InChI is InChI=1S/C14H23N3O2S.ClH/c1-9-10(2)16(8-6-15-9)13(18)5-7-17-11(3)12(4)20-14(17)19;/h9-10,15H,5-8H2,1-4H3;1H. The lowest BCUT2D eigenvalue weighted by Gasteiger charge is -2.38. The van der Waals surface area contributed by atoms with Crippen molar-refractivity contribution in [1.82, 2.24) is 14.8 Å². The van der Waals surface area contributed by atoms with Crippen LogP contribution in [0.3, 0.4) is 0 Å². The second-order valence-electron chi connectivity index (χ2n) is 5.48. The summed E-state index contributed by atoms with van der Waals surface area (Å²) in [5, 5.41) is 3.36. The molecule has 1 aliphatic heterocycles. The first-order valence-electron chi connectivity index (χ1n) is 7.11. The van der Waals surface area contributed by atoms with Gasteiger partial charge >= 0.3 is 4.87 Å². The molecule has 1 amide bonds. The second kappa shape index (κ2) is 7.42. The molecule has 0 radical (unpaired) electrons. The van der Waals surface area contributed by atoms with Crippen LogP contribution in [0, 0.1) is 13.8 Å². The van der Waals surface area contributed by atoms with Gasteiger partial charge in [0, 0.05) is 48.7 Å². The maximum absolute atomic E-state index is 12.3. The number of amides is 1. The van der Waals surface area contributed by atoms with Crippen LogP contribution in [0.25, 0.3) is 0 Å². The zero-order valence-corrected chi connectivity index (χ0v) is 14.6. The summed E-state index contributed by atoms with van der Waals surface area (Å²) in [5.41, 5.74) is 0.981. The smallest absolute Gasteiger partial charge is 0.307 e. The van der Waals surface area contributed by atoms with E-state index in [1.807, 2.05) is 18.7 Å². The molecule has 0 aromatic carbocycles. The fourth-order valence-electron chi connectivity index (χ4n) is 2.61. The van der Waals surface area contributed by atoms with Crippen molar-refractivity contribution in [3.8, 4) is 0 Å². The van der Waals surface area contributed by atoms with Crippen LogP contribution < -0.4 is 10.2 Å². The van der Waals surface area contributed by atoms with Gasteiger partial charge in [0.05, 0.1) is 0 Å². The number of halogens is 1. The van der Waals surface area contributed by atoms with E-state index in [-0.39, 0.29) is 29.2 Å². The van der Waals surface area contributed by atoms with Crippen molar-refractivity contribution in [3.05, 3.63) is 20.2 Å². The predicted octanol–water partition coefficient (Wildman–Crippen LogP) is 1.55. The molecule has 2 rings (SSSR count). The molecule has 120 valence electrons. The molecule has 7 heteroatoms. The van der Waals surface area contributed by atoms with Crippen LogP contribution in [0.5, 0.6) is 0 Å². The summed E-state index contributed by atoms with van der Waals surface area (Å²) in [6.07, 6.45) is 0.397. The third kappa shape index (κ3) is 3.87. The maximum atomic E-state index is 12.3. The highest BCUT2D eigenvalue weighted by atomic mass is 35.5. The van der Waals surface area contributed by atoms with Crippen molar-refractivity contribution in [2.45, 2.75) is 52.7 Å². The van der Waals surface area contributed by atoms with Crippen LogP contribution in [-0.4, -0.2) is 40.5 Å². The molecule has 0 spiro atoms. The van der Waals surface area contributed by atoms with E-state index in [9.17, 15) is 9.59 Å². The van der Waals surface area contributed by atoms with Crippen molar-refractivity contribution >= 4 is 29.7 Å². The Hall–Kier alpha value is -0.850. The highest BCUT2D eigenvalue weighted by molar-refractivity contribution is 7.09. The number of hydrogen-bond acceptors (Lipinski definition) is 4. The Balaban J connectivity index is 0.00000220. The minimum atomic E-state index is 0. The number of rotatable bonds is 3. The van der Waals surface area contributed by atoms with Gasteiger partial charge in [-0.25, -0.2) is 0 Å². The summed E-state index contributed by atoms with van der Waals surface area (Å²) in [7, 11) is 0. The van der Waals surface area contributed by atoms with E-state index >= 15 is 0 Å². The number of thiazole rings is 1. The van der Waals surface area contributed by atoms with Crippen LogP contribution in [0.2, 0.25) is 0 Å². The summed E-state index contributed by atoms with van der Waals surface area (Å²) in [6.45, 7) is 10.1. The molecular formula is C14H24ClN3O2S. The van der Waals surface area contributed by atoms with Crippen LogP contribution in [0.1, 0.15) is 30.8 Å². The van der Waals surface area contributed by atoms with Crippen molar-refractivity contribution in [2.24, 2.45) is 0 Å². The normalized spacial score (nSPS) is 22.0. The molecule has 1 aromatic rings. The van der Waals surface area contributed by atoms with E-state index < -0.39 is 0 Å². The molecule has 0 aliphatic carbocycles. The highest BCUT2D eigenvalue weighted by Crippen LogP contribution is 2.13. The average molecular weight is 334 g/mol. The minimum Gasteiger partial charge on any atom is -0.337 e. The summed E-state index contributed by atoms with van der Waals surface area (Å²) in [6, 6.07) is 0.527. The minimum absolute atomic E-state index is 0. The predicted molar refractivity (Wildman–Crippen MR) is 88.6 cm³/mol. The fourth-order valence-corrected chi connectivity index (χ4v) is 3.46. The zero-order chi connectivity index (χ0) is 14.9. The van der Waals surface area contributed by atoms with Gasteiger partial charge in [0.1, 0.15) is 0 Å². The Labute approximate surface area is 135 Å². The molecule has 21 heavy (non-hydrogen) atoms. The van der Waals surface area contributed by atoms with Gasteiger partial charge in [0.15, 0.2) is 0 Å². The number of carbonyl (C=O) groups excluding carboxylic acids is 1. The number of carbonyl (C=O) groups is 1. The summed E-state index contributed by atoms with van der Waals surface area (Å²) in [5.74, 6) is 0.140. The van der Waals surface area contributed by atoms with Crippen molar-refractivity contribution in [1.29, 1.82) is 0 Å². The molecule has 2 atom stereocenters. The Morgan fingerprint density at radius 2 is 2.05 bits per heavy atom. The van der Waals surface area contributed by atoms with Gasteiger partial charge in [-0.05, 0) is 27.7 Å². The van der Waals surface area contributed by atoms with Crippen molar-refractivity contribution < 1.29 is 4.79 Å². The third-order valence-electron chi connectivity index (χ3n) is 4.28. The molecule has 1 aliphatic rings. The monoisotopic (exact) mass is 333 g/mol. The first-order chi connectivity index (χ1) is 9.41. The van der Waals surface area contributed by atoms with Gasteiger partial charge in [0.25, 0.3) is 0 Å². The lowest BCUT2D eigenvalue weighted by atomic mass is 10.1. The molecular weight excluding hydrogens is 310 g/mol. The zero-order valence-electron chi connectivity index (χ0n) is 13.0. The number of piperazine rings is 1. The summed E-state index contributed by atoms with van der Waals surface area (Å²) in [4.78, 5) is 27.2. The molecule has 1 saturated heterocycles. The Morgan fingerprint density at radius 1 is 1.38 bits per heavy atom. The van der Waals surface area contributed by atoms with E-state index in [2.05, 4.69) is 19.2 Å². The van der Waals surface area contributed by atoms with Crippen molar-refractivity contribution in [3.63, 3.8) is 0 Å². The molecule has 0 bridgehead atoms. The van der Waals surface area contributed by atoms with Crippen LogP contribution in [-0.2, 0) is 11.3 Å².